The third-order valence-corrected chi connectivity index (χ3v) is 8.14. The van der Waals surface area contributed by atoms with E-state index in [-0.39, 0.29) is 18.2 Å². The van der Waals surface area contributed by atoms with E-state index in [9.17, 15) is 14.9 Å². The van der Waals surface area contributed by atoms with E-state index < -0.39 is 4.92 Å². The summed E-state index contributed by atoms with van der Waals surface area (Å²) in [5.74, 6) is 0.169. The van der Waals surface area contributed by atoms with Crippen molar-refractivity contribution in [3.63, 3.8) is 0 Å². The van der Waals surface area contributed by atoms with Crippen LogP contribution < -0.4 is 15.5 Å². The number of amides is 1. The molecule has 5 rings (SSSR count). The molecule has 0 spiro atoms. The Labute approximate surface area is 272 Å². The first kappa shape index (κ1) is 30.4. The Bertz CT molecular complexity index is 1790. The minimum atomic E-state index is -0.447. The Balaban J connectivity index is 1.16. The summed E-state index contributed by atoms with van der Waals surface area (Å²) in [6, 6.07) is 24.3. The summed E-state index contributed by atoms with van der Waals surface area (Å²) >= 11 is 14.4. The summed E-state index contributed by atoms with van der Waals surface area (Å²) in [5.41, 5.74) is 6.90. The Morgan fingerprint density at radius 3 is 2.47 bits per heavy atom. The molecule has 1 heterocycles. The first-order chi connectivity index (χ1) is 20.7. The van der Waals surface area contributed by atoms with E-state index in [0.29, 0.717) is 36.4 Å². The highest BCUT2D eigenvalue weighted by Gasteiger charge is 2.12. The number of aromatic nitrogens is 1. The van der Waals surface area contributed by atoms with E-state index in [1.54, 1.807) is 36.4 Å². The van der Waals surface area contributed by atoms with E-state index in [0.717, 1.165) is 22.1 Å². The number of ether oxygens (including phenoxy) is 1. The maximum Gasteiger partial charge on any atom is 0.271 e. The van der Waals surface area contributed by atoms with Crippen LogP contribution in [0, 0.1) is 10.1 Å². The number of carbonyl (C=O) groups is 1. The highest BCUT2D eigenvalue weighted by Crippen LogP contribution is 2.35. The highest BCUT2D eigenvalue weighted by molar-refractivity contribution is 9.11. The van der Waals surface area contributed by atoms with E-state index in [2.05, 4.69) is 52.7 Å². The van der Waals surface area contributed by atoms with Crippen LogP contribution in [0.5, 0.6) is 5.75 Å². The van der Waals surface area contributed by atoms with Crippen LogP contribution in [-0.4, -0.2) is 22.0 Å². The fourth-order valence-electron chi connectivity index (χ4n) is 3.85. The van der Waals surface area contributed by atoms with Gasteiger partial charge in [-0.3, -0.25) is 14.9 Å². The van der Waals surface area contributed by atoms with Crippen molar-refractivity contribution in [2.45, 2.75) is 6.61 Å². The minimum absolute atomic E-state index is 0.000549. The lowest BCUT2D eigenvalue weighted by atomic mass is 10.1. The minimum Gasteiger partial charge on any atom is -0.487 e. The first-order valence-corrected chi connectivity index (χ1v) is 15.4. The molecule has 9 nitrogen and oxygen atoms in total. The molecule has 0 aliphatic rings. The maximum atomic E-state index is 12.6. The number of nitro benzene ring substituents is 1. The van der Waals surface area contributed by atoms with E-state index in [4.69, 9.17) is 16.3 Å². The zero-order valence-electron chi connectivity index (χ0n) is 22.0. The number of hydrogen-bond donors (Lipinski definition) is 2. The lowest BCUT2D eigenvalue weighted by molar-refractivity contribution is -0.384. The summed E-state index contributed by atoms with van der Waals surface area (Å²) in [4.78, 5) is 27.8. The summed E-state index contributed by atoms with van der Waals surface area (Å²) in [5, 5.41) is 21.7. The van der Waals surface area contributed by atoms with Crippen LogP contribution in [0.1, 0.15) is 21.5 Å². The number of non-ortho nitro benzene ring substituents is 1. The first-order valence-electron chi connectivity index (χ1n) is 12.5. The topological polar surface area (TPSA) is 119 Å². The van der Waals surface area contributed by atoms with Gasteiger partial charge in [0, 0.05) is 39.3 Å². The van der Waals surface area contributed by atoms with Crippen molar-refractivity contribution in [2.24, 2.45) is 5.10 Å². The van der Waals surface area contributed by atoms with Crippen LogP contribution in [0.4, 0.5) is 16.5 Å². The molecule has 0 saturated heterocycles. The molecule has 1 aromatic heterocycles. The number of nitrogens with one attached hydrogen (secondary N) is 2. The lowest BCUT2D eigenvalue weighted by Gasteiger charge is -2.11. The Hall–Kier alpha value is -4.10. The van der Waals surface area contributed by atoms with Crippen LogP contribution in [0.25, 0.3) is 11.3 Å². The van der Waals surface area contributed by atoms with Crippen molar-refractivity contribution in [3.05, 3.63) is 131 Å². The third-order valence-electron chi connectivity index (χ3n) is 5.95. The molecular formula is C30H20Br2ClN5O4S. The summed E-state index contributed by atoms with van der Waals surface area (Å²) in [7, 11) is 0. The Kier molecular flexibility index (Phi) is 9.82. The molecule has 0 atom stereocenters. The molecule has 2 N–H and O–H groups in total. The number of carbonyl (C=O) groups excluding carboxylic acids is 1. The van der Waals surface area contributed by atoms with Crippen molar-refractivity contribution in [3.8, 4) is 17.0 Å². The number of nitro groups is 1. The van der Waals surface area contributed by atoms with Gasteiger partial charge in [0.25, 0.3) is 11.6 Å². The molecule has 0 aliphatic heterocycles. The molecule has 43 heavy (non-hydrogen) atoms. The molecule has 5 aromatic rings. The number of hydrazone groups is 1. The van der Waals surface area contributed by atoms with Gasteiger partial charge in [-0.05, 0) is 91.5 Å². The van der Waals surface area contributed by atoms with Crippen molar-refractivity contribution in [2.75, 3.05) is 5.32 Å². The predicted molar refractivity (Wildman–Crippen MR) is 177 cm³/mol. The number of thiazole rings is 1. The van der Waals surface area contributed by atoms with Crippen molar-refractivity contribution in [1.82, 2.24) is 10.4 Å². The molecule has 13 heteroatoms. The second-order valence-electron chi connectivity index (χ2n) is 8.98. The van der Waals surface area contributed by atoms with Gasteiger partial charge in [-0.25, -0.2) is 10.4 Å². The highest BCUT2D eigenvalue weighted by atomic mass is 79.9. The average molecular weight is 742 g/mol. The summed E-state index contributed by atoms with van der Waals surface area (Å²) in [6.07, 6.45) is 1.51. The van der Waals surface area contributed by atoms with Gasteiger partial charge in [0.15, 0.2) is 5.13 Å². The van der Waals surface area contributed by atoms with Gasteiger partial charge in [0.2, 0.25) is 0 Å². The number of anilines is 2. The number of halogens is 3. The second kappa shape index (κ2) is 13.9. The molecule has 0 fully saturated rings. The maximum absolute atomic E-state index is 12.6. The molecule has 0 unspecified atom stereocenters. The molecule has 0 bridgehead atoms. The van der Waals surface area contributed by atoms with E-state index in [1.807, 2.05) is 41.8 Å². The van der Waals surface area contributed by atoms with Crippen LogP contribution in [0.15, 0.2) is 104 Å². The lowest BCUT2D eigenvalue weighted by Crippen LogP contribution is -2.17. The van der Waals surface area contributed by atoms with Crippen molar-refractivity contribution < 1.29 is 14.5 Å². The number of nitrogens with zero attached hydrogens (tertiary/aromatic N) is 3. The molecule has 0 radical (unpaired) electrons. The van der Waals surface area contributed by atoms with Gasteiger partial charge in [0.1, 0.15) is 12.4 Å². The normalized spacial score (nSPS) is 11.0. The van der Waals surface area contributed by atoms with Crippen LogP contribution in [0.3, 0.4) is 0 Å². The van der Waals surface area contributed by atoms with Crippen molar-refractivity contribution >= 4 is 83.4 Å². The summed E-state index contributed by atoms with van der Waals surface area (Å²) < 4.78 is 7.16. The number of benzene rings is 4. The van der Waals surface area contributed by atoms with Gasteiger partial charge in [0.05, 0.1) is 25.8 Å². The average Bonchev–Trinajstić information content (AvgIpc) is 3.46. The number of hydrogen-bond acceptors (Lipinski definition) is 8. The van der Waals surface area contributed by atoms with Gasteiger partial charge < -0.3 is 10.1 Å². The monoisotopic (exact) mass is 739 g/mol. The molecule has 0 aliphatic carbocycles. The van der Waals surface area contributed by atoms with Gasteiger partial charge in [-0.2, -0.15) is 5.10 Å². The van der Waals surface area contributed by atoms with E-state index in [1.165, 1.54) is 29.7 Å². The number of rotatable bonds is 10. The molecule has 0 saturated carbocycles. The molecular weight excluding hydrogens is 722 g/mol. The van der Waals surface area contributed by atoms with Crippen molar-refractivity contribution in [1.29, 1.82) is 0 Å². The quantitative estimate of drug-likeness (QED) is 0.0838. The fraction of sp³-hybridized carbons (Fsp3) is 0.0333. The van der Waals surface area contributed by atoms with Crippen LogP contribution in [0.2, 0.25) is 5.02 Å². The van der Waals surface area contributed by atoms with Crippen LogP contribution >= 0.6 is 54.8 Å². The standard InChI is InChI=1S/C30H20Br2ClN5O4S/c31-25-13-19(14-26(32)28(25)42-16-18-2-1-3-24(12-18)38(40)41)15-34-37-29(39)21-6-4-20(5-7-21)27-17-43-30(36-27)35-23-10-8-22(33)9-11-23/h1-15,17H,16H2,(H,35,36)(H,37,39)/b34-15-. The zero-order valence-corrected chi connectivity index (χ0v) is 26.7. The zero-order chi connectivity index (χ0) is 30.3. The van der Waals surface area contributed by atoms with Crippen LogP contribution in [-0.2, 0) is 6.61 Å². The van der Waals surface area contributed by atoms with Gasteiger partial charge >= 0.3 is 0 Å². The SMILES string of the molecule is O=C(N/N=C\c1cc(Br)c(OCc2cccc([N+](=O)[O-])c2)c(Br)c1)c1ccc(-c2csc(Nc3ccc(Cl)cc3)n2)cc1. The molecule has 216 valence electrons. The second-order valence-corrected chi connectivity index (χ2v) is 12.0. The van der Waals surface area contributed by atoms with E-state index >= 15 is 0 Å². The predicted octanol–water partition coefficient (Wildman–Crippen LogP) is 8.98. The largest absolute Gasteiger partial charge is 0.487 e. The van der Waals surface area contributed by atoms with Gasteiger partial charge in [-0.1, -0.05) is 35.9 Å². The van der Waals surface area contributed by atoms with Gasteiger partial charge in [-0.15, -0.1) is 11.3 Å². The Morgan fingerprint density at radius 1 is 1.05 bits per heavy atom. The molecule has 4 aromatic carbocycles. The Morgan fingerprint density at radius 2 is 1.77 bits per heavy atom. The smallest absolute Gasteiger partial charge is 0.271 e. The summed E-state index contributed by atoms with van der Waals surface area (Å²) in [6.45, 7) is 0.144. The third kappa shape index (κ3) is 8.05. The fourth-order valence-corrected chi connectivity index (χ4v) is 6.17. The molecule has 1 amide bonds.